The molecule has 1 amide bonds. The van der Waals surface area contributed by atoms with Gasteiger partial charge in [0.1, 0.15) is 17.7 Å². The summed E-state index contributed by atoms with van der Waals surface area (Å²) in [5.41, 5.74) is -0.492. The largest absolute Gasteiger partial charge is 0.468 e. The minimum absolute atomic E-state index is 0.492. The molecule has 0 bridgehead atoms. The molecule has 0 saturated carbocycles. The van der Waals surface area contributed by atoms with Gasteiger partial charge in [-0.15, -0.1) is 0 Å². The van der Waals surface area contributed by atoms with Crippen molar-refractivity contribution in [3.05, 3.63) is 35.4 Å². The maximum Gasteiger partial charge on any atom is 0.328 e. The molecular formula is C18H21F2NO7. The first-order valence-electron chi connectivity index (χ1n) is 8.13. The van der Waals surface area contributed by atoms with Gasteiger partial charge in [0.25, 0.3) is 0 Å². The van der Waals surface area contributed by atoms with E-state index in [1.807, 2.05) is 0 Å². The fourth-order valence-electron chi connectivity index (χ4n) is 2.59. The van der Waals surface area contributed by atoms with Gasteiger partial charge in [-0.3, -0.25) is 14.4 Å². The van der Waals surface area contributed by atoms with Crippen LogP contribution in [0.1, 0.15) is 12.5 Å². The predicted molar refractivity (Wildman–Crippen MR) is 90.7 cm³/mol. The Hall–Kier alpha value is -3.04. The molecule has 0 unspecified atom stereocenters. The number of amides is 1. The van der Waals surface area contributed by atoms with Crippen molar-refractivity contribution in [3.63, 3.8) is 0 Å². The van der Waals surface area contributed by atoms with E-state index >= 15 is 0 Å². The summed E-state index contributed by atoms with van der Waals surface area (Å²) in [5.74, 6) is -8.39. The van der Waals surface area contributed by atoms with Crippen LogP contribution in [0.5, 0.6) is 0 Å². The van der Waals surface area contributed by atoms with E-state index in [2.05, 4.69) is 19.5 Å². The number of halogens is 2. The van der Waals surface area contributed by atoms with Crippen LogP contribution in [0.25, 0.3) is 0 Å². The van der Waals surface area contributed by atoms with Crippen LogP contribution in [-0.2, 0) is 39.8 Å². The number of rotatable bonds is 8. The van der Waals surface area contributed by atoms with E-state index in [9.17, 15) is 28.0 Å². The van der Waals surface area contributed by atoms with Crippen molar-refractivity contribution in [2.24, 2.45) is 11.8 Å². The molecule has 0 heterocycles. The summed E-state index contributed by atoms with van der Waals surface area (Å²) in [6, 6.07) is 1.63. The van der Waals surface area contributed by atoms with Crippen LogP contribution in [0.4, 0.5) is 8.78 Å². The number of carbonyl (C=O) groups is 4. The van der Waals surface area contributed by atoms with Crippen molar-refractivity contribution in [2.75, 3.05) is 21.3 Å². The lowest BCUT2D eigenvalue weighted by atomic mass is 9.87. The number of hydrogen-bond donors (Lipinski definition) is 1. The molecule has 0 spiro atoms. The summed E-state index contributed by atoms with van der Waals surface area (Å²) in [7, 11) is 3.12. The SMILES string of the molecule is COC(=O)C(C(=O)OC)[C@@H](C)[C@@H](NC(=O)Cc1c(F)cccc1F)C(=O)OC. The molecule has 0 aliphatic heterocycles. The van der Waals surface area contributed by atoms with Gasteiger partial charge in [0.05, 0.1) is 27.8 Å². The van der Waals surface area contributed by atoms with Crippen LogP contribution in [0.2, 0.25) is 0 Å². The van der Waals surface area contributed by atoms with Gasteiger partial charge in [0.2, 0.25) is 5.91 Å². The van der Waals surface area contributed by atoms with Crippen molar-refractivity contribution < 1.29 is 42.2 Å². The Morgan fingerprint density at radius 1 is 0.929 bits per heavy atom. The Morgan fingerprint density at radius 2 is 1.39 bits per heavy atom. The number of benzene rings is 1. The Morgan fingerprint density at radius 3 is 1.82 bits per heavy atom. The molecule has 10 heteroatoms. The molecular weight excluding hydrogens is 380 g/mol. The van der Waals surface area contributed by atoms with E-state index in [-0.39, 0.29) is 0 Å². The summed E-state index contributed by atoms with van der Waals surface area (Å²) < 4.78 is 41.2. The minimum Gasteiger partial charge on any atom is -0.468 e. The molecule has 0 aliphatic rings. The Kier molecular flexibility index (Phi) is 8.49. The van der Waals surface area contributed by atoms with Crippen molar-refractivity contribution in [3.8, 4) is 0 Å². The number of carbonyl (C=O) groups excluding carboxylic acids is 4. The van der Waals surface area contributed by atoms with Gasteiger partial charge in [-0.05, 0) is 12.1 Å². The first-order valence-corrected chi connectivity index (χ1v) is 8.13. The van der Waals surface area contributed by atoms with Crippen LogP contribution in [0.3, 0.4) is 0 Å². The molecule has 0 aliphatic carbocycles. The van der Waals surface area contributed by atoms with Gasteiger partial charge in [-0.1, -0.05) is 13.0 Å². The second-order valence-corrected chi connectivity index (χ2v) is 5.83. The average Bonchev–Trinajstić information content (AvgIpc) is 2.67. The van der Waals surface area contributed by atoms with Gasteiger partial charge >= 0.3 is 17.9 Å². The molecule has 0 saturated heterocycles. The van der Waals surface area contributed by atoms with Crippen LogP contribution in [0, 0.1) is 23.5 Å². The summed E-state index contributed by atoms with van der Waals surface area (Å²) in [6.07, 6.45) is -0.708. The third kappa shape index (κ3) is 5.48. The fourth-order valence-corrected chi connectivity index (χ4v) is 2.59. The molecule has 2 atom stereocenters. The van der Waals surface area contributed by atoms with Gasteiger partial charge in [-0.2, -0.15) is 0 Å². The molecule has 1 aromatic carbocycles. The normalized spacial score (nSPS) is 12.7. The van der Waals surface area contributed by atoms with Crippen LogP contribution < -0.4 is 5.32 Å². The fraction of sp³-hybridized carbons (Fsp3) is 0.444. The Balaban J connectivity index is 3.10. The van der Waals surface area contributed by atoms with Crippen molar-refractivity contribution in [2.45, 2.75) is 19.4 Å². The lowest BCUT2D eigenvalue weighted by Crippen LogP contribution is -2.51. The number of methoxy groups -OCH3 is 3. The van der Waals surface area contributed by atoms with Crippen LogP contribution in [0.15, 0.2) is 18.2 Å². The first-order chi connectivity index (χ1) is 13.2. The van der Waals surface area contributed by atoms with E-state index in [4.69, 9.17) is 0 Å². The zero-order valence-electron chi connectivity index (χ0n) is 15.8. The minimum atomic E-state index is -1.54. The van der Waals surface area contributed by atoms with Gasteiger partial charge < -0.3 is 19.5 Å². The van der Waals surface area contributed by atoms with Crippen molar-refractivity contribution >= 4 is 23.8 Å². The second-order valence-electron chi connectivity index (χ2n) is 5.83. The molecule has 0 radical (unpaired) electrons. The maximum absolute atomic E-state index is 13.7. The average molecular weight is 401 g/mol. The maximum atomic E-state index is 13.7. The monoisotopic (exact) mass is 401 g/mol. The molecule has 1 N–H and O–H groups in total. The van der Waals surface area contributed by atoms with Gasteiger partial charge in [0, 0.05) is 11.5 Å². The molecule has 8 nitrogen and oxygen atoms in total. The van der Waals surface area contributed by atoms with E-state index in [0.717, 1.165) is 39.5 Å². The smallest absolute Gasteiger partial charge is 0.328 e. The topological polar surface area (TPSA) is 108 Å². The summed E-state index contributed by atoms with van der Waals surface area (Å²) in [5, 5.41) is 2.25. The highest BCUT2D eigenvalue weighted by Crippen LogP contribution is 2.21. The highest BCUT2D eigenvalue weighted by molar-refractivity contribution is 5.96. The number of nitrogens with one attached hydrogen (secondary N) is 1. The third-order valence-corrected chi connectivity index (χ3v) is 4.13. The van der Waals surface area contributed by atoms with Crippen LogP contribution >= 0.6 is 0 Å². The van der Waals surface area contributed by atoms with E-state index in [1.54, 1.807) is 0 Å². The van der Waals surface area contributed by atoms with E-state index in [0.29, 0.717) is 0 Å². The molecule has 28 heavy (non-hydrogen) atoms. The molecule has 154 valence electrons. The standard InChI is InChI=1S/C18H21F2NO7/c1-9(14(16(23)26-2)17(24)27-3)15(18(25)28-4)21-13(22)8-10-11(19)6-5-7-12(10)20/h5-7,9,14-15H,8H2,1-4H3,(H,21,22)/t9-,15-/m1/s1. The molecule has 0 fully saturated rings. The zero-order valence-corrected chi connectivity index (χ0v) is 15.8. The van der Waals surface area contributed by atoms with Gasteiger partial charge in [-0.25, -0.2) is 13.6 Å². The Bertz CT molecular complexity index is 717. The van der Waals surface area contributed by atoms with Crippen molar-refractivity contribution in [1.29, 1.82) is 0 Å². The van der Waals surface area contributed by atoms with Crippen LogP contribution in [-0.4, -0.2) is 51.2 Å². The first kappa shape index (κ1) is 23.0. The van der Waals surface area contributed by atoms with Gasteiger partial charge in [0.15, 0.2) is 5.92 Å². The molecule has 1 aromatic rings. The third-order valence-electron chi connectivity index (χ3n) is 4.13. The quantitative estimate of drug-likeness (QED) is 0.389. The second kappa shape index (κ2) is 10.3. The molecule has 1 rings (SSSR count). The zero-order chi connectivity index (χ0) is 21.4. The van der Waals surface area contributed by atoms with E-state index < -0.39 is 65.3 Å². The lowest BCUT2D eigenvalue weighted by molar-refractivity contribution is -0.163. The number of ether oxygens (including phenoxy) is 3. The van der Waals surface area contributed by atoms with Crippen molar-refractivity contribution in [1.82, 2.24) is 5.32 Å². The van der Waals surface area contributed by atoms with E-state index in [1.165, 1.54) is 6.92 Å². The summed E-state index contributed by atoms with van der Waals surface area (Å²) >= 11 is 0. The lowest BCUT2D eigenvalue weighted by Gasteiger charge is -2.27. The number of hydrogen-bond acceptors (Lipinski definition) is 7. The predicted octanol–water partition coefficient (Wildman–Crippen LogP) is 0.763. The highest BCUT2D eigenvalue weighted by atomic mass is 19.1. The Labute approximate surface area is 160 Å². The number of esters is 3. The summed E-state index contributed by atoms with van der Waals surface area (Å²) in [4.78, 5) is 48.3. The summed E-state index contributed by atoms with van der Waals surface area (Å²) in [6.45, 7) is 1.32. The molecule has 0 aromatic heterocycles. The highest BCUT2D eigenvalue weighted by Gasteiger charge is 2.42.